The summed E-state index contributed by atoms with van der Waals surface area (Å²) in [4.78, 5) is 11.2. The number of rotatable bonds is 5. The third-order valence-corrected chi connectivity index (χ3v) is 4.45. The van der Waals surface area contributed by atoms with Crippen molar-refractivity contribution in [1.82, 2.24) is 0 Å². The van der Waals surface area contributed by atoms with E-state index in [9.17, 15) is 23.1 Å². The molecule has 0 fully saturated rings. The SMILES string of the molecule is CC(C)(Oc1ccc2ccc(Oc3ccc(C(F)(F)F)cc3Cl)cc2c1)C(=O)O. The summed E-state index contributed by atoms with van der Waals surface area (Å²) in [6.07, 6.45) is -4.49. The van der Waals surface area contributed by atoms with Crippen LogP contribution in [-0.2, 0) is 11.0 Å². The molecule has 1 N–H and O–H groups in total. The molecular formula is C21H16ClF3O4. The minimum atomic E-state index is -4.49. The Hall–Kier alpha value is -2.93. The van der Waals surface area contributed by atoms with E-state index in [1.54, 1.807) is 36.4 Å². The number of aliphatic carboxylic acids is 1. The Bertz CT molecular complexity index is 1080. The van der Waals surface area contributed by atoms with Crippen molar-refractivity contribution in [3.63, 3.8) is 0 Å². The molecule has 0 saturated carbocycles. The first-order valence-corrected chi connectivity index (χ1v) is 8.84. The predicted molar refractivity (Wildman–Crippen MR) is 103 cm³/mol. The first kappa shape index (κ1) is 20.8. The van der Waals surface area contributed by atoms with E-state index >= 15 is 0 Å². The van der Waals surface area contributed by atoms with Crippen molar-refractivity contribution in [2.75, 3.05) is 0 Å². The molecule has 3 rings (SSSR count). The van der Waals surface area contributed by atoms with Crippen LogP contribution >= 0.6 is 11.6 Å². The summed E-state index contributed by atoms with van der Waals surface area (Å²) in [5, 5.41) is 10.6. The van der Waals surface area contributed by atoms with Crippen molar-refractivity contribution in [1.29, 1.82) is 0 Å². The molecule has 0 unspecified atom stereocenters. The van der Waals surface area contributed by atoms with Gasteiger partial charge in [0.05, 0.1) is 10.6 Å². The quantitative estimate of drug-likeness (QED) is 0.504. The van der Waals surface area contributed by atoms with E-state index in [0.29, 0.717) is 16.9 Å². The summed E-state index contributed by atoms with van der Waals surface area (Å²) in [6.45, 7) is 2.87. The summed E-state index contributed by atoms with van der Waals surface area (Å²) in [5.41, 5.74) is -2.27. The van der Waals surface area contributed by atoms with Crippen LogP contribution in [0.1, 0.15) is 19.4 Å². The van der Waals surface area contributed by atoms with Gasteiger partial charge in [-0.25, -0.2) is 4.79 Å². The topological polar surface area (TPSA) is 55.8 Å². The van der Waals surface area contributed by atoms with Gasteiger partial charge in [0, 0.05) is 0 Å². The molecule has 0 heterocycles. The van der Waals surface area contributed by atoms with Crippen molar-refractivity contribution in [3.8, 4) is 17.2 Å². The van der Waals surface area contributed by atoms with Crippen molar-refractivity contribution in [3.05, 3.63) is 65.2 Å². The number of hydrogen-bond acceptors (Lipinski definition) is 3. The number of alkyl halides is 3. The lowest BCUT2D eigenvalue weighted by Crippen LogP contribution is -2.37. The molecule has 0 saturated heterocycles. The van der Waals surface area contributed by atoms with Gasteiger partial charge in [0.1, 0.15) is 17.2 Å². The van der Waals surface area contributed by atoms with Gasteiger partial charge in [-0.1, -0.05) is 23.7 Å². The highest BCUT2D eigenvalue weighted by molar-refractivity contribution is 6.32. The Morgan fingerprint density at radius 2 is 1.55 bits per heavy atom. The molecule has 0 spiro atoms. The molecule has 152 valence electrons. The normalized spacial score (nSPS) is 12.1. The van der Waals surface area contributed by atoms with E-state index in [0.717, 1.165) is 23.6 Å². The number of fused-ring (bicyclic) bond motifs is 1. The number of halogens is 4. The molecular weight excluding hydrogens is 409 g/mol. The summed E-state index contributed by atoms with van der Waals surface area (Å²) in [5.74, 6) is -0.312. The molecule has 8 heteroatoms. The number of carboxylic acids is 1. The van der Waals surface area contributed by atoms with E-state index in [-0.39, 0.29) is 10.8 Å². The third-order valence-electron chi connectivity index (χ3n) is 4.16. The first-order valence-electron chi connectivity index (χ1n) is 8.46. The highest BCUT2D eigenvalue weighted by Gasteiger charge is 2.31. The third kappa shape index (κ3) is 4.74. The van der Waals surface area contributed by atoms with Crippen molar-refractivity contribution in [2.45, 2.75) is 25.6 Å². The molecule has 0 aromatic heterocycles. The molecule has 4 nitrogen and oxygen atoms in total. The zero-order chi connectivity index (χ0) is 21.4. The van der Waals surface area contributed by atoms with E-state index in [2.05, 4.69) is 0 Å². The fourth-order valence-electron chi connectivity index (χ4n) is 2.56. The Labute approximate surface area is 169 Å². The fourth-order valence-corrected chi connectivity index (χ4v) is 2.77. The van der Waals surface area contributed by atoms with Crippen LogP contribution in [0, 0.1) is 0 Å². The monoisotopic (exact) mass is 424 g/mol. The lowest BCUT2D eigenvalue weighted by Gasteiger charge is -2.21. The summed E-state index contributed by atoms with van der Waals surface area (Å²) < 4.78 is 49.4. The molecule has 0 bridgehead atoms. The first-order chi connectivity index (χ1) is 13.5. The van der Waals surface area contributed by atoms with Crippen LogP contribution in [0.15, 0.2) is 54.6 Å². The Morgan fingerprint density at radius 1 is 0.931 bits per heavy atom. The molecule has 3 aromatic carbocycles. The van der Waals surface area contributed by atoms with Crippen LogP contribution in [0.4, 0.5) is 13.2 Å². The average molecular weight is 425 g/mol. The van der Waals surface area contributed by atoms with Crippen molar-refractivity contribution < 1.29 is 32.5 Å². The van der Waals surface area contributed by atoms with E-state index in [4.69, 9.17) is 21.1 Å². The molecule has 0 aliphatic heterocycles. The second kappa shape index (κ2) is 7.48. The minimum Gasteiger partial charge on any atom is -0.478 e. The van der Waals surface area contributed by atoms with Gasteiger partial charge < -0.3 is 14.6 Å². The second-order valence-electron chi connectivity index (χ2n) is 6.83. The molecule has 0 aliphatic carbocycles. The number of carboxylic acid groups (broad SMARTS) is 1. The van der Waals surface area contributed by atoms with E-state index in [1.165, 1.54) is 13.8 Å². The van der Waals surface area contributed by atoms with Gasteiger partial charge in [-0.2, -0.15) is 13.2 Å². The summed E-state index contributed by atoms with van der Waals surface area (Å²) in [7, 11) is 0. The van der Waals surface area contributed by atoms with Gasteiger partial charge in [0.15, 0.2) is 5.60 Å². The number of hydrogen-bond donors (Lipinski definition) is 1. The van der Waals surface area contributed by atoms with Gasteiger partial charge >= 0.3 is 12.1 Å². The lowest BCUT2D eigenvalue weighted by atomic mass is 10.1. The Morgan fingerprint density at radius 3 is 2.14 bits per heavy atom. The zero-order valence-electron chi connectivity index (χ0n) is 15.4. The van der Waals surface area contributed by atoms with Gasteiger partial charge in [-0.3, -0.25) is 0 Å². The average Bonchev–Trinajstić information content (AvgIpc) is 2.62. The summed E-state index contributed by atoms with van der Waals surface area (Å²) >= 11 is 5.93. The maximum atomic E-state index is 12.8. The number of benzene rings is 3. The maximum absolute atomic E-state index is 12.8. The smallest absolute Gasteiger partial charge is 0.416 e. The molecule has 29 heavy (non-hydrogen) atoms. The zero-order valence-corrected chi connectivity index (χ0v) is 16.1. The standard InChI is InChI=1S/C21H16ClF3O4/c1-20(2,19(26)27)29-16-7-4-12-3-6-15(9-13(12)10-16)28-18-8-5-14(11-17(18)22)21(23,24)25/h3-11H,1-2H3,(H,26,27). The molecule has 0 amide bonds. The highest BCUT2D eigenvalue weighted by atomic mass is 35.5. The highest BCUT2D eigenvalue weighted by Crippen LogP contribution is 2.37. The van der Waals surface area contributed by atoms with Crippen LogP contribution in [0.2, 0.25) is 5.02 Å². The van der Waals surface area contributed by atoms with Gasteiger partial charge in [0.2, 0.25) is 0 Å². The van der Waals surface area contributed by atoms with Crippen LogP contribution < -0.4 is 9.47 Å². The van der Waals surface area contributed by atoms with Gasteiger partial charge in [-0.05, 0) is 67.1 Å². The molecule has 0 aliphatic rings. The predicted octanol–water partition coefficient (Wildman–Crippen LogP) is 6.55. The van der Waals surface area contributed by atoms with Crippen LogP contribution in [0.25, 0.3) is 10.8 Å². The largest absolute Gasteiger partial charge is 0.478 e. The van der Waals surface area contributed by atoms with Crippen LogP contribution in [-0.4, -0.2) is 16.7 Å². The minimum absolute atomic E-state index is 0.0819. The Kier molecular flexibility index (Phi) is 5.36. The van der Waals surface area contributed by atoms with Crippen molar-refractivity contribution >= 4 is 28.3 Å². The molecule has 0 atom stereocenters. The summed E-state index contributed by atoms with van der Waals surface area (Å²) in [6, 6.07) is 13.0. The maximum Gasteiger partial charge on any atom is 0.416 e. The molecule has 3 aromatic rings. The lowest BCUT2D eigenvalue weighted by molar-refractivity contribution is -0.152. The number of carbonyl (C=O) groups is 1. The number of ether oxygens (including phenoxy) is 2. The van der Waals surface area contributed by atoms with Crippen LogP contribution in [0.5, 0.6) is 17.2 Å². The molecule has 0 radical (unpaired) electrons. The van der Waals surface area contributed by atoms with E-state index < -0.39 is 23.3 Å². The Balaban J connectivity index is 1.88. The fraction of sp³-hybridized carbons (Fsp3) is 0.190. The second-order valence-corrected chi connectivity index (χ2v) is 7.24. The van der Waals surface area contributed by atoms with Crippen LogP contribution in [0.3, 0.4) is 0 Å². The van der Waals surface area contributed by atoms with Gasteiger partial charge in [0.25, 0.3) is 0 Å². The van der Waals surface area contributed by atoms with E-state index in [1.807, 2.05) is 0 Å². The van der Waals surface area contributed by atoms with Crippen molar-refractivity contribution in [2.24, 2.45) is 0 Å². The van der Waals surface area contributed by atoms with Gasteiger partial charge in [-0.15, -0.1) is 0 Å².